The molecular weight excluding hydrogens is 242 g/mol. The van der Waals surface area contributed by atoms with Crippen molar-refractivity contribution in [1.29, 1.82) is 5.26 Å². The third-order valence-corrected chi connectivity index (χ3v) is 3.07. The van der Waals surface area contributed by atoms with E-state index in [1.807, 2.05) is 29.7 Å². The third-order valence-electron chi connectivity index (χ3n) is 2.22. The van der Waals surface area contributed by atoms with Crippen LogP contribution in [0.25, 0.3) is 10.8 Å². The molecule has 78 valence electrons. The summed E-state index contributed by atoms with van der Waals surface area (Å²) in [5, 5.41) is 12.0. The van der Waals surface area contributed by atoms with E-state index in [0.29, 0.717) is 10.5 Å². The van der Waals surface area contributed by atoms with E-state index < -0.39 is 5.24 Å². The van der Waals surface area contributed by atoms with Gasteiger partial charge in [-0.05, 0) is 46.3 Å². The number of nitrogens with zero attached hydrogens (tertiary/aromatic N) is 1. The first-order valence-corrected chi connectivity index (χ1v) is 5.70. The molecule has 0 saturated heterocycles. The van der Waals surface area contributed by atoms with Crippen molar-refractivity contribution in [3.05, 3.63) is 42.0 Å². The minimum atomic E-state index is -0.538. The van der Waals surface area contributed by atoms with E-state index in [1.54, 1.807) is 12.1 Å². The summed E-state index contributed by atoms with van der Waals surface area (Å²) in [6, 6.07) is 11.1. The highest BCUT2D eigenvalue weighted by Gasteiger charge is 2.11. The van der Waals surface area contributed by atoms with E-state index >= 15 is 0 Å². The highest BCUT2D eigenvalue weighted by Crippen LogP contribution is 2.28. The van der Waals surface area contributed by atoms with E-state index in [-0.39, 0.29) is 0 Å². The quantitative estimate of drug-likeness (QED) is 0.461. The Bertz CT molecular complexity index is 603. The van der Waals surface area contributed by atoms with Crippen molar-refractivity contribution < 1.29 is 4.79 Å². The van der Waals surface area contributed by atoms with Gasteiger partial charge in [0.15, 0.2) is 0 Å². The minimum Gasteiger partial charge on any atom is -0.276 e. The Balaban J connectivity index is 2.71. The third kappa shape index (κ3) is 2.04. The molecule has 2 rings (SSSR count). The fourth-order valence-corrected chi connectivity index (χ4v) is 2.26. The normalized spacial score (nSPS) is 10.0. The van der Waals surface area contributed by atoms with Gasteiger partial charge in [0.1, 0.15) is 5.40 Å². The number of fused-ring (bicyclic) bond motifs is 1. The maximum absolute atomic E-state index is 11.2. The van der Waals surface area contributed by atoms with Crippen LogP contribution in [0.15, 0.2) is 41.3 Å². The molecule has 2 aromatic rings. The largest absolute Gasteiger partial charge is 0.276 e. The molecule has 0 heterocycles. The van der Waals surface area contributed by atoms with Crippen LogP contribution in [0.3, 0.4) is 0 Å². The Labute approximate surface area is 102 Å². The molecule has 0 unspecified atom stereocenters. The first kappa shape index (κ1) is 11.0. The Morgan fingerprint density at radius 1 is 1.25 bits per heavy atom. The van der Waals surface area contributed by atoms with Crippen molar-refractivity contribution in [3.63, 3.8) is 0 Å². The van der Waals surface area contributed by atoms with Crippen LogP contribution in [0, 0.1) is 10.7 Å². The van der Waals surface area contributed by atoms with Gasteiger partial charge < -0.3 is 0 Å². The Kier molecular flexibility index (Phi) is 3.14. The second-order valence-electron chi connectivity index (χ2n) is 3.16. The molecule has 0 spiro atoms. The molecule has 0 aliphatic carbocycles. The van der Waals surface area contributed by atoms with Gasteiger partial charge in [0.25, 0.3) is 5.24 Å². The van der Waals surface area contributed by atoms with Crippen molar-refractivity contribution in [1.82, 2.24) is 0 Å². The second-order valence-corrected chi connectivity index (χ2v) is 4.33. The van der Waals surface area contributed by atoms with E-state index in [4.69, 9.17) is 16.9 Å². The summed E-state index contributed by atoms with van der Waals surface area (Å²) in [5.41, 5.74) is 0.381. The molecule has 2 nitrogen and oxygen atoms in total. The summed E-state index contributed by atoms with van der Waals surface area (Å²) < 4.78 is 0. The Morgan fingerprint density at radius 2 is 1.88 bits per heavy atom. The lowest BCUT2D eigenvalue weighted by atomic mass is 10.1. The molecule has 0 aliphatic heterocycles. The van der Waals surface area contributed by atoms with Crippen LogP contribution in [0.1, 0.15) is 10.4 Å². The summed E-state index contributed by atoms with van der Waals surface area (Å²) in [7, 11) is 0. The Hall–Kier alpha value is -1.50. The number of thiocyanates is 1. The average molecular weight is 248 g/mol. The van der Waals surface area contributed by atoms with Gasteiger partial charge in [-0.15, -0.1) is 0 Å². The van der Waals surface area contributed by atoms with Gasteiger partial charge in [-0.25, -0.2) is 0 Å². The molecule has 16 heavy (non-hydrogen) atoms. The van der Waals surface area contributed by atoms with Crippen molar-refractivity contribution in [2.24, 2.45) is 0 Å². The average Bonchev–Trinajstić information content (AvgIpc) is 2.28. The molecule has 0 atom stereocenters. The van der Waals surface area contributed by atoms with Gasteiger partial charge in [-0.1, -0.05) is 24.3 Å². The molecule has 0 saturated carbocycles. The van der Waals surface area contributed by atoms with Crippen molar-refractivity contribution >= 4 is 39.4 Å². The van der Waals surface area contributed by atoms with Crippen LogP contribution in [-0.2, 0) is 0 Å². The summed E-state index contributed by atoms with van der Waals surface area (Å²) in [5.74, 6) is 0. The fourth-order valence-electron chi connectivity index (χ4n) is 1.51. The first-order valence-electron chi connectivity index (χ1n) is 4.51. The minimum absolute atomic E-state index is 0.381. The predicted octanol–water partition coefficient (Wildman–Crippen LogP) is 3.79. The molecule has 0 bridgehead atoms. The maximum atomic E-state index is 11.2. The monoisotopic (exact) mass is 247 g/mol. The highest BCUT2D eigenvalue weighted by atomic mass is 35.5. The molecular formula is C12H6ClNOS. The summed E-state index contributed by atoms with van der Waals surface area (Å²) in [4.78, 5) is 11.8. The van der Waals surface area contributed by atoms with Crippen LogP contribution in [-0.4, -0.2) is 5.24 Å². The number of carbonyl (C=O) groups excluding carboxylic acids is 1. The number of rotatable bonds is 2. The molecule has 0 aliphatic rings. The second kappa shape index (κ2) is 4.56. The lowest BCUT2D eigenvalue weighted by molar-refractivity contribution is 0.107. The van der Waals surface area contributed by atoms with E-state index in [9.17, 15) is 4.79 Å². The van der Waals surface area contributed by atoms with E-state index in [2.05, 4.69) is 0 Å². The number of hydrogen-bond donors (Lipinski definition) is 0. The van der Waals surface area contributed by atoms with E-state index in [0.717, 1.165) is 22.5 Å². The molecule has 0 fully saturated rings. The number of hydrogen-bond acceptors (Lipinski definition) is 3. The standard InChI is InChI=1S/C12H6ClNOS/c13-12(15)10-5-8-3-1-2-4-9(8)6-11(10)16-7-14/h1-6H. The number of halogens is 1. The molecule has 4 heteroatoms. The van der Waals surface area contributed by atoms with E-state index in [1.165, 1.54) is 0 Å². The number of thioether (sulfide) groups is 1. The molecule has 0 amide bonds. The zero-order valence-corrected chi connectivity index (χ0v) is 9.68. The predicted molar refractivity (Wildman–Crippen MR) is 65.6 cm³/mol. The summed E-state index contributed by atoms with van der Waals surface area (Å²) >= 11 is 6.43. The lowest BCUT2D eigenvalue weighted by Crippen LogP contribution is -1.92. The van der Waals surface area contributed by atoms with Gasteiger partial charge >= 0.3 is 0 Å². The fraction of sp³-hybridized carbons (Fsp3) is 0. The zero-order chi connectivity index (χ0) is 11.5. The summed E-state index contributed by atoms with van der Waals surface area (Å²) in [6.45, 7) is 0. The molecule has 0 aromatic heterocycles. The molecule has 2 aromatic carbocycles. The Morgan fingerprint density at radius 3 is 2.44 bits per heavy atom. The van der Waals surface area contributed by atoms with Gasteiger partial charge in [-0.2, -0.15) is 5.26 Å². The first-order chi connectivity index (χ1) is 7.72. The van der Waals surface area contributed by atoms with Gasteiger partial charge in [-0.3, -0.25) is 4.79 Å². The van der Waals surface area contributed by atoms with Crippen LogP contribution in [0.4, 0.5) is 0 Å². The molecule has 0 radical (unpaired) electrons. The number of nitriles is 1. The number of carbonyl (C=O) groups is 1. The van der Waals surface area contributed by atoms with Crippen molar-refractivity contribution in [2.75, 3.05) is 0 Å². The van der Waals surface area contributed by atoms with Gasteiger partial charge in [0.2, 0.25) is 0 Å². The summed E-state index contributed by atoms with van der Waals surface area (Å²) in [6.07, 6.45) is 0. The molecule has 0 N–H and O–H groups in total. The van der Waals surface area contributed by atoms with Crippen molar-refractivity contribution in [3.8, 4) is 5.40 Å². The topological polar surface area (TPSA) is 40.9 Å². The van der Waals surface area contributed by atoms with Crippen LogP contribution < -0.4 is 0 Å². The maximum Gasteiger partial charge on any atom is 0.253 e. The highest BCUT2D eigenvalue weighted by molar-refractivity contribution is 8.03. The van der Waals surface area contributed by atoms with Crippen molar-refractivity contribution in [2.45, 2.75) is 4.90 Å². The van der Waals surface area contributed by atoms with Crippen LogP contribution >= 0.6 is 23.4 Å². The van der Waals surface area contributed by atoms with Crippen LogP contribution in [0.5, 0.6) is 0 Å². The zero-order valence-electron chi connectivity index (χ0n) is 8.11. The smallest absolute Gasteiger partial charge is 0.253 e. The van der Waals surface area contributed by atoms with Crippen LogP contribution in [0.2, 0.25) is 0 Å². The van der Waals surface area contributed by atoms with Gasteiger partial charge in [0, 0.05) is 10.5 Å². The van der Waals surface area contributed by atoms with Gasteiger partial charge in [0.05, 0.1) is 0 Å². The lowest BCUT2D eigenvalue weighted by Gasteiger charge is -2.04. The SMILES string of the molecule is N#CSc1cc2ccccc2cc1C(=O)Cl. The number of benzene rings is 2.